The fraction of sp³-hybridized carbons (Fsp3) is 0.188. The highest BCUT2D eigenvalue weighted by atomic mass is 32.2. The van der Waals surface area contributed by atoms with E-state index in [0.717, 1.165) is 0 Å². The first-order valence-electron chi connectivity index (χ1n) is 7.00. The summed E-state index contributed by atoms with van der Waals surface area (Å²) in [4.78, 5) is 12.4. The second kappa shape index (κ2) is 5.90. The molecule has 0 spiro atoms. The second-order valence-corrected chi connectivity index (χ2v) is 7.24. The van der Waals surface area contributed by atoms with Crippen molar-refractivity contribution in [3.05, 3.63) is 65.7 Å². The number of fused-ring (bicyclic) bond motifs is 1. The molecule has 2 aromatic carbocycles. The summed E-state index contributed by atoms with van der Waals surface area (Å²) in [7, 11) is -3.22. The Kier molecular flexibility index (Phi) is 3.96. The van der Waals surface area contributed by atoms with E-state index in [0.29, 0.717) is 22.4 Å². The second-order valence-electron chi connectivity index (χ2n) is 5.16. The predicted molar refractivity (Wildman–Crippen MR) is 82.9 cm³/mol. The van der Waals surface area contributed by atoms with Gasteiger partial charge in [0.1, 0.15) is 0 Å². The summed E-state index contributed by atoms with van der Waals surface area (Å²) in [6, 6.07) is 15.5. The van der Waals surface area contributed by atoms with Crippen molar-refractivity contribution in [1.29, 1.82) is 0 Å². The van der Waals surface area contributed by atoms with Crippen molar-refractivity contribution >= 4 is 15.7 Å². The number of hydrogen-bond acceptors (Lipinski definition) is 4. The van der Waals surface area contributed by atoms with Gasteiger partial charge in [0.15, 0.2) is 9.84 Å². The number of hydrogen-bond donors (Lipinski definition) is 2. The van der Waals surface area contributed by atoms with Crippen molar-refractivity contribution < 1.29 is 13.2 Å². The van der Waals surface area contributed by atoms with Crippen LogP contribution >= 0.6 is 0 Å². The van der Waals surface area contributed by atoms with Crippen LogP contribution in [0.1, 0.15) is 28.4 Å². The van der Waals surface area contributed by atoms with Crippen LogP contribution < -0.4 is 10.9 Å². The zero-order valence-electron chi connectivity index (χ0n) is 11.8. The first-order chi connectivity index (χ1) is 10.6. The van der Waals surface area contributed by atoms with Gasteiger partial charge in [-0.1, -0.05) is 36.4 Å². The standard InChI is InChI=1S/C16H16N2O3S/c19-16(12-6-2-1-3-7-12)18-17-14-10-11-22(20,21)15-9-5-4-8-13(14)15/h1-9,14,17H,10-11H2,(H,18,19). The molecule has 5 nitrogen and oxygen atoms in total. The maximum Gasteiger partial charge on any atom is 0.265 e. The maximum atomic E-state index is 12.1. The molecule has 1 heterocycles. The first kappa shape index (κ1) is 14.7. The summed E-state index contributed by atoms with van der Waals surface area (Å²) in [6.45, 7) is 0. The third-order valence-corrected chi connectivity index (χ3v) is 5.52. The molecule has 1 aliphatic rings. The monoisotopic (exact) mass is 316 g/mol. The normalized spacial score (nSPS) is 19.2. The fourth-order valence-electron chi connectivity index (χ4n) is 2.55. The lowest BCUT2D eigenvalue weighted by atomic mass is 10.0. The number of rotatable bonds is 3. The summed E-state index contributed by atoms with van der Waals surface area (Å²) >= 11 is 0. The van der Waals surface area contributed by atoms with Gasteiger partial charge in [-0.3, -0.25) is 10.2 Å². The minimum absolute atomic E-state index is 0.0723. The molecule has 0 fully saturated rings. The van der Waals surface area contributed by atoms with Crippen LogP contribution in [-0.2, 0) is 9.84 Å². The van der Waals surface area contributed by atoms with E-state index in [1.54, 1.807) is 48.5 Å². The van der Waals surface area contributed by atoms with Gasteiger partial charge in [-0.15, -0.1) is 0 Å². The van der Waals surface area contributed by atoms with Crippen molar-refractivity contribution in [2.24, 2.45) is 0 Å². The number of carbonyl (C=O) groups excluding carboxylic acids is 1. The molecule has 0 aliphatic carbocycles. The van der Waals surface area contributed by atoms with Gasteiger partial charge in [-0.05, 0) is 30.2 Å². The minimum Gasteiger partial charge on any atom is -0.287 e. The zero-order valence-corrected chi connectivity index (χ0v) is 12.6. The van der Waals surface area contributed by atoms with E-state index in [-0.39, 0.29) is 17.7 Å². The van der Waals surface area contributed by atoms with Crippen molar-refractivity contribution in [2.45, 2.75) is 17.4 Å². The highest BCUT2D eigenvalue weighted by Gasteiger charge is 2.29. The lowest BCUT2D eigenvalue weighted by Gasteiger charge is -2.26. The van der Waals surface area contributed by atoms with Crippen molar-refractivity contribution in [3.63, 3.8) is 0 Å². The average molecular weight is 316 g/mol. The van der Waals surface area contributed by atoms with Crippen LogP contribution in [-0.4, -0.2) is 20.1 Å². The predicted octanol–water partition coefficient (Wildman–Crippen LogP) is 1.84. The molecule has 0 aromatic heterocycles. The quantitative estimate of drug-likeness (QED) is 0.847. The number of hydrazine groups is 1. The minimum atomic E-state index is -3.22. The van der Waals surface area contributed by atoms with E-state index in [1.165, 1.54) is 0 Å². The van der Waals surface area contributed by atoms with Gasteiger partial charge in [0.25, 0.3) is 5.91 Å². The van der Waals surface area contributed by atoms with E-state index >= 15 is 0 Å². The molecule has 0 saturated carbocycles. The summed E-state index contributed by atoms with van der Waals surface area (Å²) in [5, 5.41) is 0. The smallest absolute Gasteiger partial charge is 0.265 e. The van der Waals surface area contributed by atoms with E-state index < -0.39 is 9.84 Å². The maximum absolute atomic E-state index is 12.1. The van der Waals surface area contributed by atoms with E-state index in [2.05, 4.69) is 10.9 Å². The molecule has 1 aliphatic heterocycles. The van der Waals surface area contributed by atoms with Gasteiger partial charge in [-0.2, -0.15) is 0 Å². The lowest BCUT2D eigenvalue weighted by Crippen LogP contribution is -2.42. The Morgan fingerprint density at radius 1 is 1.00 bits per heavy atom. The molecule has 114 valence electrons. The van der Waals surface area contributed by atoms with Gasteiger partial charge in [-0.25, -0.2) is 13.8 Å². The van der Waals surface area contributed by atoms with Gasteiger partial charge >= 0.3 is 0 Å². The molecule has 2 N–H and O–H groups in total. The van der Waals surface area contributed by atoms with Gasteiger partial charge < -0.3 is 0 Å². The van der Waals surface area contributed by atoms with Crippen LogP contribution in [0.2, 0.25) is 0 Å². The summed E-state index contributed by atoms with van der Waals surface area (Å²) < 4.78 is 24.1. The highest BCUT2D eigenvalue weighted by Crippen LogP contribution is 2.31. The van der Waals surface area contributed by atoms with E-state index in [1.807, 2.05) is 6.07 Å². The lowest BCUT2D eigenvalue weighted by molar-refractivity contribution is 0.0924. The topological polar surface area (TPSA) is 75.3 Å². The Morgan fingerprint density at radius 2 is 1.68 bits per heavy atom. The van der Waals surface area contributed by atoms with Crippen LogP contribution in [0.4, 0.5) is 0 Å². The Labute approximate surface area is 129 Å². The van der Waals surface area contributed by atoms with Crippen LogP contribution in [0.25, 0.3) is 0 Å². The SMILES string of the molecule is O=C(NNC1CCS(=O)(=O)c2ccccc21)c1ccccc1. The average Bonchev–Trinajstić information content (AvgIpc) is 2.55. The molecule has 1 unspecified atom stereocenters. The molecule has 3 rings (SSSR count). The number of nitrogens with one attached hydrogen (secondary N) is 2. The largest absolute Gasteiger partial charge is 0.287 e. The Morgan fingerprint density at radius 3 is 2.45 bits per heavy atom. The highest BCUT2D eigenvalue weighted by molar-refractivity contribution is 7.91. The molecule has 0 saturated heterocycles. The molecular weight excluding hydrogens is 300 g/mol. The molecule has 1 atom stereocenters. The number of carbonyl (C=O) groups is 1. The number of sulfone groups is 1. The van der Waals surface area contributed by atoms with Crippen LogP contribution in [0, 0.1) is 0 Å². The first-order valence-corrected chi connectivity index (χ1v) is 8.66. The fourth-order valence-corrected chi connectivity index (χ4v) is 4.18. The van der Waals surface area contributed by atoms with Crippen LogP contribution in [0.3, 0.4) is 0 Å². The van der Waals surface area contributed by atoms with Crippen LogP contribution in [0.5, 0.6) is 0 Å². The van der Waals surface area contributed by atoms with Gasteiger partial charge in [0.05, 0.1) is 16.7 Å². The Bertz CT molecular complexity index is 788. The van der Waals surface area contributed by atoms with E-state index in [4.69, 9.17) is 0 Å². The summed E-state index contributed by atoms with van der Waals surface area (Å²) in [5.74, 6) is -0.172. The Balaban J connectivity index is 1.76. The molecule has 2 aromatic rings. The van der Waals surface area contributed by atoms with Crippen LogP contribution in [0.15, 0.2) is 59.5 Å². The third kappa shape index (κ3) is 2.88. The third-order valence-electron chi connectivity index (χ3n) is 3.70. The Hall–Kier alpha value is -2.18. The number of benzene rings is 2. The van der Waals surface area contributed by atoms with Crippen molar-refractivity contribution in [1.82, 2.24) is 10.9 Å². The molecule has 22 heavy (non-hydrogen) atoms. The summed E-state index contributed by atoms with van der Waals surface area (Å²) in [5.41, 5.74) is 6.85. The van der Waals surface area contributed by atoms with Gasteiger partial charge in [0, 0.05) is 5.56 Å². The molecule has 0 radical (unpaired) electrons. The molecule has 0 bridgehead atoms. The summed E-state index contributed by atoms with van der Waals surface area (Å²) in [6.07, 6.45) is 0.425. The van der Waals surface area contributed by atoms with Crippen molar-refractivity contribution in [2.75, 3.05) is 5.75 Å². The zero-order chi connectivity index (χ0) is 15.6. The van der Waals surface area contributed by atoms with Crippen molar-refractivity contribution in [3.8, 4) is 0 Å². The molecular formula is C16H16N2O3S. The molecule has 6 heteroatoms. The van der Waals surface area contributed by atoms with Gasteiger partial charge in [0.2, 0.25) is 0 Å². The van der Waals surface area contributed by atoms with E-state index in [9.17, 15) is 13.2 Å². The molecule has 1 amide bonds. The number of amides is 1.